The summed E-state index contributed by atoms with van der Waals surface area (Å²) in [6.45, 7) is 3.20. The molecule has 1 unspecified atom stereocenters. The molecule has 1 aromatic heterocycles. The quantitative estimate of drug-likeness (QED) is 0.563. The first-order valence-corrected chi connectivity index (χ1v) is 12.1. The summed E-state index contributed by atoms with van der Waals surface area (Å²) < 4.78 is 47.2. The first-order chi connectivity index (χ1) is 14.5. The third kappa shape index (κ3) is 4.23. The lowest BCUT2D eigenvalue weighted by Crippen LogP contribution is -2.39. The lowest BCUT2D eigenvalue weighted by molar-refractivity contribution is 0.314. The van der Waals surface area contributed by atoms with Gasteiger partial charge < -0.3 is 4.74 Å². The molecule has 4 rings (SSSR count). The van der Waals surface area contributed by atoms with Gasteiger partial charge in [-0.3, -0.25) is 0 Å². The van der Waals surface area contributed by atoms with Crippen LogP contribution in [0.2, 0.25) is 0 Å². The first-order valence-electron chi connectivity index (χ1n) is 9.80. The van der Waals surface area contributed by atoms with Crippen LogP contribution in [0, 0.1) is 5.82 Å². The van der Waals surface area contributed by atoms with Crippen LogP contribution in [0.15, 0.2) is 53.4 Å². The Morgan fingerprint density at radius 2 is 1.93 bits per heavy atom. The van der Waals surface area contributed by atoms with Crippen molar-refractivity contribution in [1.82, 2.24) is 14.5 Å². The van der Waals surface area contributed by atoms with Crippen molar-refractivity contribution >= 4 is 21.4 Å². The Bertz CT molecular complexity index is 1120. The van der Waals surface area contributed by atoms with Gasteiger partial charge in [-0.15, -0.1) is 10.2 Å². The number of rotatable bonds is 6. The molecule has 0 saturated carbocycles. The SMILES string of the molecule is CCOc1ccc(S(=O)(=O)N2CCCC(c3nnc(-c4ccccc4F)s3)C2)cc1. The van der Waals surface area contributed by atoms with E-state index in [9.17, 15) is 12.8 Å². The molecule has 1 atom stereocenters. The van der Waals surface area contributed by atoms with Gasteiger partial charge in [0.15, 0.2) is 5.01 Å². The molecule has 3 aromatic rings. The zero-order valence-electron chi connectivity index (χ0n) is 16.5. The molecule has 1 aliphatic rings. The maximum absolute atomic E-state index is 14.1. The summed E-state index contributed by atoms with van der Waals surface area (Å²) in [5.74, 6) is 0.236. The Labute approximate surface area is 179 Å². The van der Waals surface area contributed by atoms with E-state index in [0.29, 0.717) is 36.0 Å². The highest BCUT2D eigenvalue weighted by Crippen LogP contribution is 2.35. The van der Waals surface area contributed by atoms with E-state index in [4.69, 9.17) is 4.74 Å². The maximum atomic E-state index is 14.1. The highest BCUT2D eigenvalue weighted by atomic mass is 32.2. The molecule has 6 nitrogen and oxygen atoms in total. The summed E-state index contributed by atoms with van der Waals surface area (Å²) in [5.41, 5.74) is 0.413. The maximum Gasteiger partial charge on any atom is 0.243 e. The average Bonchev–Trinajstić information content (AvgIpc) is 3.25. The molecule has 9 heteroatoms. The van der Waals surface area contributed by atoms with Gasteiger partial charge in [-0.05, 0) is 56.2 Å². The molecule has 1 saturated heterocycles. The summed E-state index contributed by atoms with van der Waals surface area (Å²) in [6.07, 6.45) is 1.55. The Balaban J connectivity index is 1.53. The second-order valence-corrected chi connectivity index (χ2v) is 9.98. The predicted octanol–water partition coefficient (Wildman–Crippen LogP) is 4.31. The number of aromatic nitrogens is 2. The van der Waals surface area contributed by atoms with Gasteiger partial charge in [0.1, 0.15) is 16.6 Å². The van der Waals surface area contributed by atoms with E-state index in [1.807, 2.05) is 6.92 Å². The number of nitrogens with zero attached hydrogens (tertiary/aromatic N) is 3. The van der Waals surface area contributed by atoms with Crippen LogP contribution in [-0.2, 0) is 10.0 Å². The molecular formula is C21H22FN3O3S2. The molecule has 0 N–H and O–H groups in total. The van der Waals surface area contributed by atoms with E-state index in [-0.39, 0.29) is 16.6 Å². The minimum atomic E-state index is -3.61. The Hall–Kier alpha value is -2.36. The highest BCUT2D eigenvalue weighted by molar-refractivity contribution is 7.89. The number of ether oxygens (including phenoxy) is 1. The largest absolute Gasteiger partial charge is 0.494 e. The van der Waals surface area contributed by atoms with E-state index in [0.717, 1.165) is 17.8 Å². The molecule has 1 fully saturated rings. The normalized spacial score (nSPS) is 17.7. The summed E-state index contributed by atoms with van der Waals surface area (Å²) in [6, 6.07) is 12.9. The average molecular weight is 448 g/mol. The van der Waals surface area contributed by atoms with Gasteiger partial charge in [0.2, 0.25) is 10.0 Å². The Morgan fingerprint density at radius 3 is 2.67 bits per heavy atom. The number of hydrogen-bond acceptors (Lipinski definition) is 6. The molecule has 158 valence electrons. The predicted molar refractivity (Wildman–Crippen MR) is 114 cm³/mol. The van der Waals surface area contributed by atoms with Crippen LogP contribution in [0.25, 0.3) is 10.6 Å². The van der Waals surface area contributed by atoms with Crippen LogP contribution >= 0.6 is 11.3 Å². The third-order valence-electron chi connectivity index (χ3n) is 5.05. The van der Waals surface area contributed by atoms with Gasteiger partial charge in [0.05, 0.1) is 11.5 Å². The molecule has 30 heavy (non-hydrogen) atoms. The Kier molecular flexibility index (Phi) is 6.12. The van der Waals surface area contributed by atoms with Gasteiger partial charge in [0, 0.05) is 24.6 Å². The van der Waals surface area contributed by atoms with Crippen LogP contribution in [0.4, 0.5) is 4.39 Å². The molecular weight excluding hydrogens is 425 g/mol. The van der Waals surface area contributed by atoms with E-state index in [1.165, 1.54) is 21.7 Å². The topological polar surface area (TPSA) is 72.4 Å². The number of halogens is 1. The van der Waals surface area contributed by atoms with Gasteiger partial charge in [-0.25, -0.2) is 12.8 Å². The molecule has 2 heterocycles. The van der Waals surface area contributed by atoms with Crippen LogP contribution in [0.5, 0.6) is 5.75 Å². The van der Waals surface area contributed by atoms with Crippen molar-refractivity contribution < 1.29 is 17.5 Å². The number of hydrogen-bond donors (Lipinski definition) is 0. The molecule has 2 aromatic carbocycles. The minimum Gasteiger partial charge on any atom is -0.494 e. The van der Waals surface area contributed by atoms with E-state index >= 15 is 0 Å². The number of piperidine rings is 1. The summed E-state index contributed by atoms with van der Waals surface area (Å²) >= 11 is 1.32. The van der Waals surface area contributed by atoms with Crippen LogP contribution in [-0.4, -0.2) is 42.6 Å². The monoisotopic (exact) mass is 447 g/mol. The highest BCUT2D eigenvalue weighted by Gasteiger charge is 2.32. The summed E-state index contributed by atoms with van der Waals surface area (Å²) in [4.78, 5) is 0.246. The fourth-order valence-corrected chi connectivity index (χ4v) is 6.05. The Morgan fingerprint density at radius 1 is 1.17 bits per heavy atom. The number of sulfonamides is 1. The molecule has 0 bridgehead atoms. The van der Waals surface area contributed by atoms with Crippen molar-refractivity contribution in [2.24, 2.45) is 0 Å². The van der Waals surface area contributed by atoms with Crippen molar-refractivity contribution in [3.63, 3.8) is 0 Å². The lowest BCUT2D eigenvalue weighted by Gasteiger charge is -2.30. The minimum absolute atomic E-state index is 0.0609. The van der Waals surface area contributed by atoms with Crippen molar-refractivity contribution in [2.45, 2.75) is 30.6 Å². The third-order valence-corrected chi connectivity index (χ3v) is 8.05. The fourth-order valence-electron chi connectivity index (χ4n) is 3.53. The summed E-state index contributed by atoms with van der Waals surface area (Å²) in [7, 11) is -3.61. The van der Waals surface area contributed by atoms with Gasteiger partial charge >= 0.3 is 0 Å². The molecule has 0 aliphatic carbocycles. The van der Waals surface area contributed by atoms with Crippen molar-refractivity contribution in [3.8, 4) is 16.3 Å². The summed E-state index contributed by atoms with van der Waals surface area (Å²) in [5, 5.41) is 9.63. The second kappa shape index (κ2) is 8.79. The van der Waals surface area contributed by atoms with Crippen molar-refractivity contribution in [2.75, 3.05) is 19.7 Å². The van der Waals surface area contributed by atoms with Crippen LogP contribution in [0.3, 0.4) is 0 Å². The molecule has 0 radical (unpaired) electrons. The van der Waals surface area contributed by atoms with Gasteiger partial charge in [-0.2, -0.15) is 4.31 Å². The zero-order chi connectivity index (χ0) is 21.1. The number of benzene rings is 2. The van der Waals surface area contributed by atoms with Gasteiger partial charge in [-0.1, -0.05) is 23.5 Å². The molecule has 0 spiro atoms. The molecule has 1 aliphatic heterocycles. The van der Waals surface area contributed by atoms with Crippen molar-refractivity contribution in [3.05, 3.63) is 59.4 Å². The van der Waals surface area contributed by atoms with Crippen molar-refractivity contribution in [1.29, 1.82) is 0 Å². The first kappa shape index (κ1) is 20.9. The fraction of sp³-hybridized carbons (Fsp3) is 0.333. The molecule has 0 amide bonds. The standard InChI is InChI=1S/C21H22FN3O3S2/c1-2-28-16-9-11-17(12-10-16)30(26,27)25-13-5-6-15(14-25)20-23-24-21(29-20)18-7-3-4-8-19(18)22/h3-4,7-12,15H,2,5-6,13-14H2,1H3. The van der Waals surface area contributed by atoms with Crippen LogP contribution in [0.1, 0.15) is 30.7 Å². The zero-order valence-corrected chi connectivity index (χ0v) is 18.1. The van der Waals surface area contributed by atoms with Gasteiger partial charge in [0.25, 0.3) is 0 Å². The van der Waals surface area contributed by atoms with E-state index in [1.54, 1.807) is 42.5 Å². The smallest absolute Gasteiger partial charge is 0.243 e. The van der Waals surface area contributed by atoms with E-state index in [2.05, 4.69) is 10.2 Å². The van der Waals surface area contributed by atoms with E-state index < -0.39 is 10.0 Å². The van der Waals surface area contributed by atoms with Crippen LogP contribution < -0.4 is 4.74 Å². The lowest BCUT2D eigenvalue weighted by atomic mass is 10.0. The second-order valence-electron chi connectivity index (χ2n) is 7.03.